The van der Waals surface area contributed by atoms with Crippen LogP contribution in [0.4, 0.5) is 0 Å². The molecule has 2 aromatic rings. The van der Waals surface area contributed by atoms with Gasteiger partial charge in [-0.05, 0) is 31.9 Å². The molecule has 0 aliphatic heterocycles. The minimum Gasteiger partial charge on any atom is -0.306 e. The van der Waals surface area contributed by atoms with Crippen molar-refractivity contribution in [3.8, 4) is 0 Å². The average Bonchev–Trinajstić information content (AvgIpc) is 2.88. The fourth-order valence-corrected chi connectivity index (χ4v) is 2.45. The van der Waals surface area contributed by atoms with Gasteiger partial charge in [0.1, 0.15) is 0 Å². The number of rotatable bonds is 7. The molecule has 0 fully saturated rings. The van der Waals surface area contributed by atoms with Crippen LogP contribution in [0.5, 0.6) is 0 Å². The summed E-state index contributed by atoms with van der Waals surface area (Å²) >= 11 is 0. The molecule has 108 valence electrons. The van der Waals surface area contributed by atoms with Gasteiger partial charge in [-0.3, -0.25) is 4.68 Å². The molecule has 2 rings (SSSR count). The van der Waals surface area contributed by atoms with E-state index in [0.717, 1.165) is 25.9 Å². The maximum Gasteiger partial charge on any atom is 0.0608 e. The molecule has 0 aliphatic carbocycles. The Morgan fingerprint density at radius 2 is 2.05 bits per heavy atom. The van der Waals surface area contributed by atoms with Crippen molar-refractivity contribution in [1.29, 1.82) is 0 Å². The van der Waals surface area contributed by atoms with Gasteiger partial charge in [-0.2, -0.15) is 5.10 Å². The van der Waals surface area contributed by atoms with Crippen molar-refractivity contribution >= 4 is 0 Å². The van der Waals surface area contributed by atoms with E-state index < -0.39 is 0 Å². The van der Waals surface area contributed by atoms with Crippen LogP contribution in [-0.2, 0) is 6.54 Å². The molecule has 20 heavy (non-hydrogen) atoms. The highest BCUT2D eigenvalue weighted by Crippen LogP contribution is 2.22. The third kappa shape index (κ3) is 3.70. The molecule has 0 amide bonds. The first-order valence-electron chi connectivity index (χ1n) is 7.57. The van der Waals surface area contributed by atoms with Crippen molar-refractivity contribution < 1.29 is 0 Å². The second-order valence-corrected chi connectivity index (χ2v) is 5.34. The summed E-state index contributed by atoms with van der Waals surface area (Å²) in [6, 6.07) is 8.95. The Bertz CT molecular complexity index is 531. The number of benzene rings is 1. The SMILES string of the molecule is CCCNC(c1cccc(C)c1)c1cnn(CCC)c1. The van der Waals surface area contributed by atoms with Crippen molar-refractivity contribution in [2.75, 3.05) is 6.54 Å². The van der Waals surface area contributed by atoms with Crippen LogP contribution in [0.1, 0.15) is 49.4 Å². The molecule has 1 aromatic heterocycles. The Balaban J connectivity index is 2.26. The van der Waals surface area contributed by atoms with Gasteiger partial charge in [-0.15, -0.1) is 0 Å². The summed E-state index contributed by atoms with van der Waals surface area (Å²) < 4.78 is 2.03. The standard InChI is InChI=1S/C17H25N3/c1-4-9-18-17(15-8-6-7-14(3)11-15)16-12-19-20(13-16)10-5-2/h6-8,11-13,17-18H,4-5,9-10H2,1-3H3. The van der Waals surface area contributed by atoms with Gasteiger partial charge in [-0.25, -0.2) is 0 Å². The molecule has 0 saturated carbocycles. The first-order valence-corrected chi connectivity index (χ1v) is 7.57. The van der Waals surface area contributed by atoms with E-state index in [0.29, 0.717) is 0 Å². The van der Waals surface area contributed by atoms with Crippen LogP contribution >= 0.6 is 0 Å². The Hall–Kier alpha value is -1.61. The molecule has 0 bridgehead atoms. The minimum atomic E-state index is 0.237. The molecule has 1 aromatic carbocycles. The van der Waals surface area contributed by atoms with Crippen LogP contribution in [0.2, 0.25) is 0 Å². The van der Waals surface area contributed by atoms with Crippen LogP contribution < -0.4 is 5.32 Å². The lowest BCUT2D eigenvalue weighted by Gasteiger charge is -2.18. The molecule has 0 spiro atoms. The Kier molecular flexibility index (Phi) is 5.36. The van der Waals surface area contributed by atoms with Crippen LogP contribution in [0.25, 0.3) is 0 Å². The summed E-state index contributed by atoms with van der Waals surface area (Å²) in [7, 11) is 0. The lowest BCUT2D eigenvalue weighted by atomic mass is 10.00. The number of nitrogens with one attached hydrogen (secondary N) is 1. The lowest BCUT2D eigenvalue weighted by molar-refractivity contribution is 0.588. The van der Waals surface area contributed by atoms with Crippen LogP contribution in [0.15, 0.2) is 36.7 Å². The summed E-state index contributed by atoms with van der Waals surface area (Å²) in [5.74, 6) is 0. The number of aryl methyl sites for hydroxylation is 2. The van der Waals surface area contributed by atoms with E-state index in [4.69, 9.17) is 0 Å². The monoisotopic (exact) mass is 271 g/mol. The predicted molar refractivity (Wildman–Crippen MR) is 83.8 cm³/mol. The Morgan fingerprint density at radius 1 is 1.20 bits per heavy atom. The van der Waals surface area contributed by atoms with Crippen molar-refractivity contribution in [2.24, 2.45) is 0 Å². The van der Waals surface area contributed by atoms with E-state index in [1.54, 1.807) is 0 Å². The predicted octanol–water partition coefficient (Wildman–Crippen LogP) is 3.69. The van der Waals surface area contributed by atoms with Crippen LogP contribution in [0.3, 0.4) is 0 Å². The maximum atomic E-state index is 4.46. The van der Waals surface area contributed by atoms with E-state index >= 15 is 0 Å². The van der Waals surface area contributed by atoms with Gasteiger partial charge in [0.05, 0.1) is 12.2 Å². The zero-order valence-corrected chi connectivity index (χ0v) is 12.8. The molecule has 1 atom stereocenters. The highest BCUT2D eigenvalue weighted by molar-refractivity contribution is 5.32. The van der Waals surface area contributed by atoms with Gasteiger partial charge in [0.15, 0.2) is 0 Å². The number of hydrogen-bond acceptors (Lipinski definition) is 2. The molecule has 0 radical (unpaired) electrons. The van der Waals surface area contributed by atoms with Gasteiger partial charge in [0.25, 0.3) is 0 Å². The van der Waals surface area contributed by atoms with Crippen molar-refractivity contribution in [2.45, 2.75) is 46.2 Å². The summed E-state index contributed by atoms with van der Waals surface area (Å²) in [4.78, 5) is 0. The van der Waals surface area contributed by atoms with E-state index in [1.807, 2.05) is 10.9 Å². The second kappa shape index (κ2) is 7.25. The molecule has 1 N–H and O–H groups in total. The van der Waals surface area contributed by atoms with Gasteiger partial charge >= 0.3 is 0 Å². The highest BCUT2D eigenvalue weighted by atomic mass is 15.3. The smallest absolute Gasteiger partial charge is 0.0608 e. The summed E-state index contributed by atoms with van der Waals surface area (Å²) in [6.07, 6.45) is 6.40. The van der Waals surface area contributed by atoms with Crippen LogP contribution in [-0.4, -0.2) is 16.3 Å². The van der Waals surface area contributed by atoms with Gasteiger partial charge in [-0.1, -0.05) is 43.7 Å². The second-order valence-electron chi connectivity index (χ2n) is 5.34. The molecular weight excluding hydrogens is 246 g/mol. The van der Waals surface area contributed by atoms with Crippen molar-refractivity contribution in [3.63, 3.8) is 0 Å². The largest absolute Gasteiger partial charge is 0.306 e. The maximum absolute atomic E-state index is 4.46. The normalized spacial score (nSPS) is 12.6. The van der Waals surface area contributed by atoms with Gasteiger partial charge in [0, 0.05) is 18.3 Å². The van der Waals surface area contributed by atoms with Gasteiger partial charge < -0.3 is 5.32 Å². The average molecular weight is 271 g/mol. The molecule has 1 heterocycles. The zero-order chi connectivity index (χ0) is 14.4. The fraction of sp³-hybridized carbons (Fsp3) is 0.471. The third-order valence-electron chi connectivity index (χ3n) is 3.41. The van der Waals surface area contributed by atoms with E-state index in [9.17, 15) is 0 Å². The fourth-order valence-electron chi connectivity index (χ4n) is 2.45. The third-order valence-corrected chi connectivity index (χ3v) is 3.41. The lowest BCUT2D eigenvalue weighted by Crippen LogP contribution is -2.23. The number of aromatic nitrogens is 2. The number of hydrogen-bond donors (Lipinski definition) is 1. The summed E-state index contributed by atoms with van der Waals surface area (Å²) in [6.45, 7) is 8.50. The molecule has 3 nitrogen and oxygen atoms in total. The topological polar surface area (TPSA) is 29.9 Å². The molecule has 0 saturated heterocycles. The minimum absolute atomic E-state index is 0.237. The summed E-state index contributed by atoms with van der Waals surface area (Å²) in [5, 5.41) is 8.09. The van der Waals surface area contributed by atoms with Gasteiger partial charge in [0.2, 0.25) is 0 Å². The zero-order valence-electron chi connectivity index (χ0n) is 12.8. The highest BCUT2D eigenvalue weighted by Gasteiger charge is 2.15. The number of nitrogens with zero attached hydrogens (tertiary/aromatic N) is 2. The first-order chi connectivity index (χ1) is 9.74. The van der Waals surface area contributed by atoms with Crippen molar-refractivity contribution in [3.05, 3.63) is 53.3 Å². The first kappa shape index (κ1) is 14.8. The Morgan fingerprint density at radius 3 is 2.75 bits per heavy atom. The molecule has 3 heteroatoms. The van der Waals surface area contributed by atoms with Crippen molar-refractivity contribution in [1.82, 2.24) is 15.1 Å². The van der Waals surface area contributed by atoms with Crippen LogP contribution in [0, 0.1) is 6.92 Å². The Labute approximate surface area is 122 Å². The molecule has 1 unspecified atom stereocenters. The quantitative estimate of drug-likeness (QED) is 0.832. The van der Waals surface area contributed by atoms with E-state index in [1.165, 1.54) is 16.7 Å². The summed E-state index contributed by atoms with van der Waals surface area (Å²) in [5.41, 5.74) is 3.86. The van der Waals surface area contributed by atoms with E-state index in [-0.39, 0.29) is 6.04 Å². The molecular formula is C17H25N3. The van der Waals surface area contributed by atoms with E-state index in [2.05, 4.69) is 61.6 Å². The molecule has 0 aliphatic rings.